The van der Waals surface area contributed by atoms with Crippen LogP contribution in [0.2, 0.25) is 0 Å². The van der Waals surface area contributed by atoms with Crippen molar-refractivity contribution in [3.63, 3.8) is 0 Å². The van der Waals surface area contributed by atoms with Gasteiger partial charge in [-0.2, -0.15) is 0 Å². The molecular formula is C17H23N3S. The number of piperidine rings is 3. The number of fused-ring (bicyclic) bond motifs is 3. The molecular weight excluding hydrogens is 278 g/mol. The molecule has 0 saturated carbocycles. The van der Waals surface area contributed by atoms with Crippen molar-refractivity contribution in [3.05, 3.63) is 35.9 Å². The van der Waals surface area contributed by atoms with Crippen molar-refractivity contribution in [2.75, 3.05) is 25.4 Å². The molecule has 5 rings (SSSR count). The first-order chi connectivity index (χ1) is 10.4. The third-order valence-electron chi connectivity index (χ3n) is 4.98. The fourth-order valence-electron chi connectivity index (χ4n) is 3.75. The number of hydrogen-bond donors (Lipinski definition) is 1. The molecule has 4 heterocycles. The van der Waals surface area contributed by atoms with Crippen LogP contribution in [0.3, 0.4) is 0 Å². The first-order valence-corrected chi connectivity index (χ1v) is 9.09. The van der Waals surface area contributed by atoms with Crippen molar-refractivity contribution in [2.24, 2.45) is 10.9 Å². The van der Waals surface area contributed by atoms with Crippen molar-refractivity contribution < 1.29 is 0 Å². The van der Waals surface area contributed by atoms with Gasteiger partial charge in [-0.05, 0) is 43.8 Å². The first-order valence-electron chi connectivity index (χ1n) is 8.10. The largest absolute Gasteiger partial charge is 0.361 e. The van der Waals surface area contributed by atoms with Crippen molar-refractivity contribution in [3.8, 4) is 0 Å². The highest BCUT2D eigenvalue weighted by molar-refractivity contribution is 8.14. The maximum absolute atomic E-state index is 5.04. The van der Waals surface area contributed by atoms with E-state index in [9.17, 15) is 0 Å². The van der Waals surface area contributed by atoms with Crippen LogP contribution in [-0.2, 0) is 6.42 Å². The summed E-state index contributed by atoms with van der Waals surface area (Å²) in [4.78, 5) is 7.62. The Morgan fingerprint density at radius 3 is 2.71 bits per heavy atom. The molecule has 0 aromatic heterocycles. The molecule has 4 fully saturated rings. The van der Waals surface area contributed by atoms with Crippen molar-refractivity contribution in [2.45, 2.75) is 31.3 Å². The normalized spacial score (nSPS) is 36.9. The summed E-state index contributed by atoms with van der Waals surface area (Å²) in [5.41, 5.74) is 1.42. The van der Waals surface area contributed by atoms with Gasteiger partial charge in [-0.3, -0.25) is 4.99 Å². The molecule has 1 N–H and O–H groups in total. The minimum atomic E-state index is 0.539. The first kappa shape index (κ1) is 13.6. The Balaban J connectivity index is 1.36. The van der Waals surface area contributed by atoms with Crippen LogP contribution < -0.4 is 5.32 Å². The molecule has 1 aromatic carbocycles. The lowest BCUT2D eigenvalue weighted by Crippen LogP contribution is -2.50. The highest BCUT2D eigenvalue weighted by Gasteiger charge is 2.34. The topological polar surface area (TPSA) is 27.6 Å². The standard InChI is InChI=1S/C17H23N3S/c1-2-4-13(5-3-1)10-15-12-21-17(18-15)19-16-11-20-8-6-14(16)7-9-20/h1-5,14-16H,6-12H2,(H,18,19). The molecule has 21 heavy (non-hydrogen) atoms. The zero-order valence-electron chi connectivity index (χ0n) is 12.4. The minimum absolute atomic E-state index is 0.539. The van der Waals surface area contributed by atoms with Crippen LogP contribution in [0.1, 0.15) is 18.4 Å². The van der Waals surface area contributed by atoms with Crippen LogP contribution in [0.25, 0.3) is 0 Å². The predicted octanol–water partition coefficient (Wildman–Crippen LogP) is 2.38. The summed E-state index contributed by atoms with van der Waals surface area (Å²) in [5.74, 6) is 1.98. The molecule has 0 amide bonds. The highest BCUT2D eigenvalue weighted by Crippen LogP contribution is 2.30. The number of aliphatic imine (C=N–C) groups is 1. The fourth-order valence-corrected chi connectivity index (χ4v) is 4.77. The molecule has 3 nitrogen and oxygen atoms in total. The second-order valence-electron chi connectivity index (χ2n) is 6.48. The number of nitrogens with one attached hydrogen (secondary N) is 1. The van der Waals surface area contributed by atoms with Crippen molar-refractivity contribution in [1.82, 2.24) is 10.2 Å². The summed E-state index contributed by atoms with van der Waals surface area (Å²) < 4.78 is 0. The average molecular weight is 301 g/mol. The van der Waals surface area contributed by atoms with Gasteiger partial charge in [0.15, 0.2) is 5.17 Å². The third-order valence-corrected chi connectivity index (χ3v) is 6.04. The summed E-state index contributed by atoms with van der Waals surface area (Å²) in [6.45, 7) is 3.77. The van der Waals surface area contributed by atoms with Crippen LogP contribution in [0.5, 0.6) is 0 Å². The second kappa shape index (κ2) is 6.01. The van der Waals surface area contributed by atoms with Crippen molar-refractivity contribution in [1.29, 1.82) is 0 Å². The molecule has 112 valence electrons. The summed E-state index contributed by atoms with van der Waals surface area (Å²) in [6, 6.07) is 11.8. The molecule has 4 aliphatic rings. The van der Waals surface area contributed by atoms with Crippen LogP contribution in [-0.4, -0.2) is 47.5 Å². The maximum Gasteiger partial charge on any atom is 0.157 e. The van der Waals surface area contributed by atoms with E-state index in [1.54, 1.807) is 0 Å². The molecule has 0 aliphatic carbocycles. The Kier molecular flexibility index (Phi) is 3.91. The quantitative estimate of drug-likeness (QED) is 0.929. The molecule has 0 radical (unpaired) electrons. The lowest BCUT2D eigenvalue weighted by atomic mass is 9.84. The van der Waals surface area contributed by atoms with E-state index in [4.69, 9.17) is 4.99 Å². The van der Waals surface area contributed by atoms with Gasteiger partial charge in [-0.15, -0.1) is 0 Å². The number of amidine groups is 1. The zero-order valence-corrected chi connectivity index (χ0v) is 13.2. The van der Waals surface area contributed by atoms with Gasteiger partial charge in [0, 0.05) is 18.3 Å². The number of benzene rings is 1. The highest BCUT2D eigenvalue weighted by atomic mass is 32.2. The predicted molar refractivity (Wildman–Crippen MR) is 89.9 cm³/mol. The van der Waals surface area contributed by atoms with Gasteiger partial charge in [-0.1, -0.05) is 42.1 Å². The van der Waals surface area contributed by atoms with Crippen LogP contribution in [0.15, 0.2) is 35.3 Å². The Morgan fingerprint density at radius 2 is 2.00 bits per heavy atom. The third kappa shape index (κ3) is 3.11. The van der Waals surface area contributed by atoms with E-state index in [1.807, 2.05) is 11.8 Å². The van der Waals surface area contributed by atoms with Crippen LogP contribution in [0, 0.1) is 5.92 Å². The molecule has 4 saturated heterocycles. The molecule has 0 spiro atoms. The lowest BCUT2D eigenvalue weighted by molar-refractivity contribution is 0.0906. The molecule has 2 bridgehead atoms. The van der Waals surface area contributed by atoms with E-state index in [0.29, 0.717) is 12.1 Å². The molecule has 1 aromatic rings. The van der Waals surface area contributed by atoms with Crippen molar-refractivity contribution >= 4 is 16.9 Å². The Bertz CT molecular complexity index is 508. The van der Waals surface area contributed by atoms with E-state index >= 15 is 0 Å². The molecule has 2 atom stereocenters. The number of rotatable bonds is 3. The summed E-state index contributed by atoms with van der Waals surface area (Å²) in [7, 11) is 0. The van der Waals surface area contributed by atoms with E-state index in [1.165, 1.54) is 43.2 Å². The average Bonchev–Trinajstić information content (AvgIpc) is 2.96. The summed E-state index contributed by atoms with van der Waals surface area (Å²) >= 11 is 1.91. The zero-order chi connectivity index (χ0) is 14.1. The Morgan fingerprint density at radius 1 is 1.19 bits per heavy atom. The van der Waals surface area contributed by atoms with Gasteiger partial charge in [-0.25, -0.2) is 0 Å². The van der Waals surface area contributed by atoms with E-state index < -0.39 is 0 Å². The Labute approximate surface area is 131 Å². The summed E-state index contributed by atoms with van der Waals surface area (Å²) in [5, 5.41) is 4.83. The number of nitrogens with zero attached hydrogens (tertiary/aromatic N) is 2. The van der Waals surface area contributed by atoms with Crippen LogP contribution >= 0.6 is 11.8 Å². The minimum Gasteiger partial charge on any atom is -0.361 e. The number of hydrogen-bond acceptors (Lipinski definition) is 3. The van der Waals surface area contributed by atoms with E-state index in [0.717, 1.165) is 18.1 Å². The van der Waals surface area contributed by atoms with Gasteiger partial charge in [0.05, 0.1) is 6.04 Å². The Hall–Kier alpha value is -1.00. The van der Waals surface area contributed by atoms with Gasteiger partial charge in [0.25, 0.3) is 0 Å². The molecule has 4 aliphatic heterocycles. The summed E-state index contributed by atoms with van der Waals surface area (Å²) in [6.07, 6.45) is 3.80. The fraction of sp³-hybridized carbons (Fsp3) is 0.588. The monoisotopic (exact) mass is 301 g/mol. The second-order valence-corrected chi connectivity index (χ2v) is 7.49. The van der Waals surface area contributed by atoms with Gasteiger partial charge >= 0.3 is 0 Å². The van der Waals surface area contributed by atoms with Gasteiger partial charge < -0.3 is 10.2 Å². The van der Waals surface area contributed by atoms with Gasteiger partial charge in [0.2, 0.25) is 0 Å². The molecule has 2 unspecified atom stereocenters. The van der Waals surface area contributed by atoms with Crippen LogP contribution in [0.4, 0.5) is 0 Å². The molecule has 4 heteroatoms. The maximum atomic E-state index is 5.04. The van der Waals surface area contributed by atoms with E-state index in [-0.39, 0.29) is 0 Å². The van der Waals surface area contributed by atoms with E-state index in [2.05, 4.69) is 40.5 Å². The SMILES string of the molecule is c1ccc(CC2CSC(=NC3CN4CCC3CC4)N2)cc1. The van der Waals surface area contributed by atoms with Gasteiger partial charge in [0.1, 0.15) is 0 Å². The number of thioether (sulfide) groups is 1. The smallest absolute Gasteiger partial charge is 0.157 e. The lowest BCUT2D eigenvalue weighted by Gasteiger charge is -2.43.